The monoisotopic (exact) mass is 794 g/mol. The van der Waals surface area contributed by atoms with E-state index >= 15 is 0 Å². The largest absolute Gasteiger partial charge is 0.481 e. The van der Waals surface area contributed by atoms with Crippen LogP contribution in [0.1, 0.15) is 47.9 Å². The number of carbonyl (C=O) groups is 6. The standard InChI is InChI=1S/C46H46N6O7/c53-40-29-35(46(58)59)26-32-14-19-36(20-15-32)49-41(54)22-23-42(55)50-37(21-16-30-8-3-1-4-9-30)44(56)52-39(45(57)51-38(40)27-31-10-5-2-6-11-31)28-33-12-17-34(18-13-33)43-47-24-7-25-48-43/h1-15,17-20,24-25,35,37-39H,16,21-23,26-29H2,(H,49,54)(H,50,55)(H,51,57)(H,52,56)(H,58,59)/t35-,37-,38-,39+/m1/s1. The Hall–Kier alpha value is -7.02. The van der Waals surface area contributed by atoms with Crippen LogP contribution in [0.3, 0.4) is 0 Å². The van der Waals surface area contributed by atoms with Crippen LogP contribution in [0.5, 0.6) is 0 Å². The highest BCUT2D eigenvalue weighted by molar-refractivity contribution is 5.97. The smallest absolute Gasteiger partial charge is 0.307 e. The number of hydrogen-bond donors (Lipinski definition) is 5. The van der Waals surface area contributed by atoms with Gasteiger partial charge in [-0.15, -0.1) is 0 Å². The van der Waals surface area contributed by atoms with Gasteiger partial charge >= 0.3 is 5.97 Å². The number of nitrogens with zero attached hydrogens (tertiary/aromatic N) is 2. The fourth-order valence-corrected chi connectivity index (χ4v) is 6.90. The lowest BCUT2D eigenvalue weighted by Gasteiger charge is -2.26. The summed E-state index contributed by atoms with van der Waals surface area (Å²) in [6.07, 6.45) is 3.23. The van der Waals surface area contributed by atoms with Gasteiger partial charge < -0.3 is 26.4 Å². The molecule has 2 aliphatic rings. The van der Waals surface area contributed by atoms with E-state index in [1.54, 1.807) is 79.1 Å². The van der Waals surface area contributed by atoms with Crippen LogP contribution < -0.4 is 21.3 Å². The SMILES string of the molecule is O=C1CCC(=O)N[C@H](CCc2ccccc2)C(=O)N[C@@H](Cc2ccc(-c3ncccn3)cc2)C(=O)N[C@H](Cc2ccccc2)C(=O)C[C@H](C(=O)O)Cc2ccc(cc2)N1. The average molecular weight is 795 g/mol. The number of ketones is 1. The first-order valence-electron chi connectivity index (χ1n) is 19.6. The van der Waals surface area contributed by atoms with E-state index in [2.05, 4.69) is 31.2 Å². The van der Waals surface area contributed by atoms with Crippen molar-refractivity contribution in [1.82, 2.24) is 25.9 Å². The van der Waals surface area contributed by atoms with Gasteiger partial charge in [0.15, 0.2) is 11.6 Å². The molecule has 5 aromatic rings. The Morgan fingerprint density at radius 3 is 1.83 bits per heavy atom. The van der Waals surface area contributed by atoms with E-state index < -0.39 is 59.4 Å². The second-order valence-electron chi connectivity index (χ2n) is 14.6. The minimum atomic E-state index is -1.23. The van der Waals surface area contributed by atoms with Crippen molar-refractivity contribution in [3.05, 3.63) is 150 Å². The van der Waals surface area contributed by atoms with Crippen LogP contribution in [0.15, 0.2) is 128 Å². The summed E-state index contributed by atoms with van der Waals surface area (Å²) in [4.78, 5) is 90.1. The second-order valence-corrected chi connectivity index (χ2v) is 14.6. The molecule has 0 aliphatic carbocycles. The summed E-state index contributed by atoms with van der Waals surface area (Å²) in [5.41, 5.74) is 4.17. The fraction of sp³-hybridized carbons (Fsp3) is 0.261. The highest BCUT2D eigenvalue weighted by atomic mass is 16.4. The van der Waals surface area contributed by atoms with Gasteiger partial charge in [-0.1, -0.05) is 97.1 Å². The molecule has 7 rings (SSSR count). The third-order valence-electron chi connectivity index (χ3n) is 10.2. The number of carbonyl (C=O) groups excluding carboxylic acids is 5. The zero-order valence-corrected chi connectivity index (χ0v) is 32.4. The van der Waals surface area contributed by atoms with E-state index in [9.17, 15) is 33.9 Å². The second kappa shape index (κ2) is 20.4. The van der Waals surface area contributed by atoms with Crippen LogP contribution in [0, 0.1) is 5.92 Å². The van der Waals surface area contributed by atoms with Crippen LogP contribution in [0.4, 0.5) is 5.69 Å². The van der Waals surface area contributed by atoms with Crippen molar-refractivity contribution in [2.24, 2.45) is 5.92 Å². The molecule has 0 saturated carbocycles. The molecule has 3 heterocycles. The molecule has 5 N–H and O–H groups in total. The van der Waals surface area contributed by atoms with Gasteiger partial charge in [0.1, 0.15) is 12.1 Å². The number of fused-ring (bicyclic) bond motifs is 18. The van der Waals surface area contributed by atoms with Crippen molar-refractivity contribution in [3.63, 3.8) is 0 Å². The number of rotatable bonds is 9. The van der Waals surface area contributed by atoms with E-state index in [1.165, 1.54) is 0 Å². The number of carboxylic acids is 1. The van der Waals surface area contributed by atoms with E-state index in [0.717, 1.165) is 16.7 Å². The molecule has 0 spiro atoms. The maximum atomic E-state index is 14.4. The summed E-state index contributed by atoms with van der Waals surface area (Å²) in [5, 5.41) is 21.5. The van der Waals surface area contributed by atoms with Crippen molar-refractivity contribution < 1.29 is 33.9 Å². The van der Waals surface area contributed by atoms with E-state index in [0.29, 0.717) is 29.1 Å². The van der Waals surface area contributed by atoms with Gasteiger partial charge in [-0.3, -0.25) is 28.8 Å². The minimum absolute atomic E-state index is 0.00679. The predicted molar refractivity (Wildman–Crippen MR) is 221 cm³/mol. The van der Waals surface area contributed by atoms with Crippen molar-refractivity contribution in [2.75, 3.05) is 5.32 Å². The topological polar surface area (TPSA) is 197 Å². The van der Waals surface area contributed by atoms with Gasteiger partial charge in [0.05, 0.1) is 12.0 Å². The molecule has 2 bridgehead atoms. The first kappa shape index (κ1) is 41.6. The number of hydrogen-bond acceptors (Lipinski definition) is 8. The number of benzene rings is 4. The van der Waals surface area contributed by atoms with Crippen molar-refractivity contribution >= 4 is 41.1 Å². The highest BCUT2D eigenvalue weighted by Crippen LogP contribution is 2.20. The molecule has 1 aromatic heterocycles. The fourth-order valence-electron chi connectivity index (χ4n) is 6.90. The molecule has 13 heteroatoms. The third kappa shape index (κ3) is 12.5. The van der Waals surface area contributed by atoms with E-state index in [-0.39, 0.29) is 44.9 Å². The molecule has 0 radical (unpaired) electrons. The highest BCUT2D eigenvalue weighted by Gasteiger charge is 2.32. The van der Waals surface area contributed by atoms with Crippen molar-refractivity contribution in [3.8, 4) is 11.4 Å². The summed E-state index contributed by atoms with van der Waals surface area (Å²) in [6.45, 7) is 0. The first-order valence-corrected chi connectivity index (χ1v) is 19.6. The van der Waals surface area contributed by atoms with E-state index in [1.807, 2.05) is 48.5 Å². The number of Topliss-reactive ketones (excluding diaryl/α,β-unsaturated/α-hetero) is 1. The Bertz CT molecular complexity index is 2220. The summed E-state index contributed by atoms with van der Waals surface area (Å²) in [7, 11) is 0. The van der Waals surface area contributed by atoms with Crippen LogP contribution in [-0.2, 0) is 54.5 Å². The molecule has 2 aliphatic heterocycles. The Kier molecular flexibility index (Phi) is 14.4. The zero-order valence-electron chi connectivity index (χ0n) is 32.4. The summed E-state index contributed by atoms with van der Waals surface area (Å²) < 4.78 is 0. The molecule has 4 atom stereocenters. The number of amides is 4. The molecule has 302 valence electrons. The minimum Gasteiger partial charge on any atom is -0.481 e. The Balaban J connectivity index is 1.34. The molecular formula is C46H46N6O7. The zero-order chi connectivity index (χ0) is 41.6. The van der Waals surface area contributed by atoms with Gasteiger partial charge in [0.2, 0.25) is 23.6 Å². The quantitative estimate of drug-likeness (QED) is 0.132. The molecule has 59 heavy (non-hydrogen) atoms. The maximum absolute atomic E-state index is 14.4. The maximum Gasteiger partial charge on any atom is 0.307 e. The summed E-state index contributed by atoms with van der Waals surface area (Å²) in [6, 6.07) is 30.5. The molecular weight excluding hydrogens is 749 g/mol. The first-order chi connectivity index (χ1) is 28.6. The number of aromatic nitrogens is 2. The van der Waals surface area contributed by atoms with Gasteiger partial charge in [-0.05, 0) is 66.1 Å². The number of aryl methyl sites for hydroxylation is 1. The average Bonchev–Trinajstić information content (AvgIpc) is 3.25. The summed E-state index contributed by atoms with van der Waals surface area (Å²) in [5.74, 6) is -4.51. The molecule has 0 unspecified atom stereocenters. The van der Waals surface area contributed by atoms with Gasteiger partial charge in [0.25, 0.3) is 0 Å². The van der Waals surface area contributed by atoms with Gasteiger partial charge in [0, 0.05) is 49.3 Å². The lowest BCUT2D eigenvalue weighted by molar-refractivity contribution is -0.144. The Morgan fingerprint density at radius 2 is 1.17 bits per heavy atom. The molecule has 13 nitrogen and oxygen atoms in total. The molecule has 4 aromatic carbocycles. The number of nitrogens with one attached hydrogen (secondary N) is 4. The van der Waals surface area contributed by atoms with Crippen LogP contribution in [0.2, 0.25) is 0 Å². The Labute approximate surface area is 342 Å². The van der Waals surface area contributed by atoms with Crippen molar-refractivity contribution in [1.29, 1.82) is 0 Å². The lowest BCUT2D eigenvalue weighted by atomic mass is 9.90. The predicted octanol–water partition coefficient (Wildman–Crippen LogP) is 4.65. The van der Waals surface area contributed by atoms with Gasteiger partial charge in [-0.2, -0.15) is 0 Å². The lowest BCUT2D eigenvalue weighted by Crippen LogP contribution is -2.57. The molecule has 0 fully saturated rings. The van der Waals surface area contributed by atoms with Crippen LogP contribution in [0.25, 0.3) is 11.4 Å². The normalized spacial score (nSPS) is 19.7. The van der Waals surface area contributed by atoms with Crippen LogP contribution >= 0.6 is 0 Å². The van der Waals surface area contributed by atoms with Crippen LogP contribution in [-0.4, -0.2) is 68.6 Å². The third-order valence-corrected chi connectivity index (χ3v) is 10.2. The number of carboxylic acid groups (broad SMARTS) is 1. The number of anilines is 1. The van der Waals surface area contributed by atoms with Gasteiger partial charge in [-0.25, -0.2) is 9.97 Å². The number of aliphatic carboxylic acids is 1. The summed E-state index contributed by atoms with van der Waals surface area (Å²) >= 11 is 0. The molecule has 4 amide bonds. The molecule has 0 saturated heterocycles. The Morgan fingerprint density at radius 1 is 0.593 bits per heavy atom. The van der Waals surface area contributed by atoms with E-state index in [4.69, 9.17) is 0 Å². The van der Waals surface area contributed by atoms with Crippen molar-refractivity contribution in [2.45, 2.75) is 69.5 Å².